The quantitative estimate of drug-likeness (QED) is 0.338. The fourth-order valence-corrected chi connectivity index (χ4v) is 5.28. The number of benzene rings is 3. The van der Waals surface area contributed by atoms with E-state index in [4.69, 9.17) is 18.9 Å². The zero-order chi connectivity index (χ0) is 25.3. The Morgan fingerprint density at radius 3 is 2.11 bits per heavy atom. The Morgan fingerprint density at radius 1 is 0.857 bits per heavy atom. The molecule has 7 heteroatoms. The van der Waals surface area contributed by atoms with Crippen molar-refractivity contribution in [3.63, 3.8) is 0 Å². The van der Waals surface area contributed by atoms with Gasteiger partial charge in [0.1, 0.15) is 0 Å². The third-order valence-electron chi connectivity index (χ3n) is 7.18. The Bertz CT molecular complexity index is 1250. The standard InChI is InChI=1S/C28H36N2O5/c1-8-29(9-2)12-10-11-17(3)30-21-13-18-14-22(32-4)23(33-5)15-19(18)26-25(21)20(28(30)31)16-24(34-6)27(26)35-7/h13-17H,8-12H2,1-7H3. The molecule has 0 aliphatic carbocycles. The summed E-state index contributed by atoms with van der Waals surface area (Å²) in [7, 11) is 6.47. The number of anilines is 1. The van der Waals surface area contributed by atoms with E-state index >= 15 is 0 Å². The number of hydrogen-bond donors (Lipinski definition) is 0. The molecular formula is C28H36N2O5. The summed E-state index contributed by atoms with van der Waals surface area (Å²) in [5.74, 6) is 2.39. The van der Waals surface area contributed by atoms with Crippen LogP contribution in [0.5, 0.6) is 23.0 Å². The maximum Gasteiger partial charge on any atom is 0.259 e. The Balaban J connectivity index is 1.91. The zero-order valence-electron chi connectivity index (χ0n) is 21.9. The lowest BCUT2D eigenvalue weighted by atomic mass is 9.96. The van der Waals surface area contributed by atoms with Crippen molar-refractivity contribution >= 4 is 33.1 Å². The molecule has 188 valence electrons. The number of carbonyl (C=O) groups excluding carboxylic acids is 1. The molecule has 0 radical (unpaired) electrons. The van der Waals surface area contributed by atoms with Crippen molar-refractivity contribution in [1.29, 1.82) is 0 Å². The van der Waals surface area contributed by atoms with Crippen molar-refractivity contribution in [2.75, 3.05) is 53.0 Å². The molecule has 0 N–H and O–H groups in total. The summed E-state index contributed by atoms with van der Waals surface area (Å²) in [5, 5.41) is 3.60. The summed E-state index contributed by atoms with van der Waals surface area (Å²) >= 11 is 0. The van der Waals surface area contributed by atoms with E-state index in [-0.39, 0.29) is 11.9 Å². The Kier molecular flexibility index (Phi) is 7.26. The molecule has 1 heterocycles. The van der Waals surface area contributed by atoms with Gasteiger partial charge >= 0.3 is 0 Å². The number of hydrogen-bond acceptors (Lipinski definition) is 6. The van der Waals surface area contributed by atoms with E-state index in [9.17, 15) is 4.79 Å². The van der Waals surface area contributed by atoms with E-state index < -0.39 is 0 Å². The molecule has 1 unspecified atom stereocenters. The molecule has 0 bridgehead atoms. The first-order valence-corrected chi connectivity index (χ1v) is 12.3. The minimum absolute atomic E-state index is 0.00414. The van der Waals surface area contributed by atoms with Gasteiger partial charge in [0, 0.05) is 16.8 Å². The Morgan fingerprint density at radius 2 is 1.51 bits per heavy atom. The highest BCUT2D eigenvalue weighted by Crippen LogP contribution is 2.51. The number of methoxy groups -OCH3 is 4. The van der Waals surface area contributed by atoms with Crippen molar-refractivity contribution < 1.29 is 23.7 Å². The second-order valence-electron chi connectivity index (χ2n) is 8.93. The molecule has 0 saturated heterocycles. The van der Waals surface area contributed by atoms with Crippen LogP contribution in [-0.4, -0.2) is 64.9 Å². The molecule has 1 aliphatic rings. The first-order chi connectivity index (χ1) is 16.9. The molecule has 7 nitrogen and oxygen atoms in total. The molecule has 1 aliphatic heterocycles. The zero-order valence-corrected chi connectivity index (χ0v) is 21.9. The van der Waals surface area contributed by atoms with E-state index in [0.717, 1.165) is 59.7 Å². The van der Waals surface area contributed by atoms with Crippen LogP contribution >= 0.6 is 0 Å². The monoisotopic (exact) mass is 480 g/mol. The molecule has 0 spiro atoms. The van der Waals surface area contributed by atoms with Crippen molar-refractivity contribution in [2.24, 2.45) is 0 Å². The summed E-state index contributed by atoms with van der Waals surface area (Å²) in [5.41, 5.74) is 1.54. The van der Waals surface area contributed by atoms with Gasteiger partial charge in [-0.25, -0.2) is 0 Å². The molecule has 0 fully saturated rings. The number of ether oxygens (including phenoxy) is 4. The summed E-state index contributed by atoms with van der Waals surface area (Å²) in [4.78, 5) is 18.1. The van der Waals surface area contributed by atoms with Gasteiger partial charge in [0.15, 0.2) is 23.0 Å². The van der Waals surface area contributed by atoms with Gasteiger partial charge in [0.2, 0.25) is 0 Å². The van der Waals surface area contributed by atoms with Crippen molar-refractivity contribution in [3.8, 4) is 23.0 Å². The summed E-state index contributed by atoms with van der Waals surface area (Å²) < 4.78 is 22.7. The Labute approximate surface area is 207 Å². The van der Waals surface area contributed by atoms with E-state index in [0.29, 0.717) is 28.6 Å². The van der Waals surface area contributed by atoms with Crippen LogP contribution in [0.2, 0.25) is 0 Å². The number of nitrogens with zero attached hydrogens (tertiary/aromatic N) is 2. The smallest absolute Gasteiger partial charge is 0.259 e. The van der Waals surface area contributed by atoms with Gasteiger partial charge in [-0.1, -0.05) is 13.8 Å². The lowest BCUT2D eigenvalue weighted by Gasteiger charge is -2.27. The second-order valence-corrected chi connectivity index (χ2v) is 8.93. The van der Waals surface area contributed by atoms with Crippen LogP contribution in [0.15, 0.2) is 24.3 Å². The van der Waals surface area contributed by atoms with Crippen molar-refractivity contribution in [1.82, 2.24) is 4.90 Å². The Hall–Kier alpha value is -3.19. The highest BCUT2D eigenvalue weighted by atomic mass is 16.5. The second kappa shape index (κ2) is 10.2. The fourth-order valence-electron chi connectivity index (χ4n) is 5.28. The number of amides is 1. The van der Waals surface area contributed by atoms with E-state index in [1.807, 2.05) is 23.1 Å². The third-order valence-corrected chi connectivity index (χ3v) is 7.18. The van der Waals surface area contributed by atoms with E-state index in [2.05, 4.69) is 31.7 Å². The van der Waals surface area contributed by atoms with Crippen LogP contribution in [0.4, 0.5) is 5.69 Å². The molecule has 3 aromatic carbocycles. The normalized spacial score (nSPS) is 13.7. The van der Waals surface area contributed by atoms with E-state index in [1.54, 1.807) is 28.4 Å². The average molecular weight is 481 g/mol. The first-order valence-electron chi connectivity index (χ1n) is 12.3. The van der Waals surface area contributed by atoms with Crippen LogP contribution in [0.3, 0.4) is 0 Å². The highest BCUT2D eigenvalue weighted by Gasteiger charge is 2.36. The molecule has 0 saturated carbocycles. The largest absolute Gasteiger partial charge is 0.493 e. The number of fused-ring (bicyclic) bond motifs is 2. The average Bonchev–Trinajstić information content (AvgIpc) is 3.16. The SMILES string of the molecule is CCN(CC)CCCC(C)N1C(=O)c2cc(OC)c(OC)c3c2c1cc1cc(OC)c(OC)cc13. The minimum Gasteiger partial charge on any atom is -0.493 e. The highest BCUT2D eigenvalue weighted by molar-refractivity contribution is 6.31. The summed E-state index contributed by atoms with van der Waals surface area (Å²) in [6.45, 7) is 9.60. The maximum absolute atomic E-state index is 13.8. The molecule has 4 rings (SSSR count). The van der Waals surface area contributed by atoms with Crippen LogP contribution in [0, 0.1) is 0 Å². The summed E-state index contributed by atoms with van der Waals surface area (Å²) in [6.07, 6.45) is 1.94. The molecule has 3 aromatic rings. The fraction of sp³-hybridized carbons (Fsp3) is 0.464. The van der Waals surface area contributed by atoms with Crippen LogP contribution in [-0.2, 0) is 0 Å². The third kappa shape index (κ3) is 4.12. The van der Waals surface area contributed by atoms with Gasteiger partial charge in [0.25, 0.3) is 5.91 Å². The molecule has 1 amide bonds. The lowest BCUT2D eigenvalue weighted by molar-refractivity contribution is 0.0983. The molecule has 1 atom stereocenters. The van der Waals surface area contributed by atoms with Crippen LogP contribution in [0.25, 0.3) is 21.5 Å². The number of carbonyl (C=O) groups is 1. The lowest BCUT2D eigenvalue weighted by Crippen LogP contribution is -2.36. The van der Waals surface area contributed by atoms with Crippen LogP contribution < -0.4 is 23.8 Å². The van der Waals surface area contributed by atoms with Crippen molar-refractivity contribution in [3.05, 3.63) is 29.8 Å². The topological polar surface area (TPSA) is 60.5 Å². The van der Waals surface area contributed by atoms with Gasteiger partial charge in [-0.2, -0.15) is 0 Å². The first kappa shape index (κ1) is 24.9. The summed E-state index contributed by atoms with van der Waals surface area (Å²) in [6, 6.07) is 7.83. The van der Waals surface area contributed by atoms with E-state index in [1.165, 1.54) is 0 Å². The van der Waals surface area contributed by atoms with Gasteiger partial charge in [-0.3, -0.25) is 4.79 Å². The molecule has 35 heavy (non-hydrogen) atoms. The maximum atomic E-state index is 13.8. The minimum atomic E-state index is -0.00414. The number of rotatable bonds is 11. The molecule has 0 aromatic heterocycles. The molecular weight excluding hydrogens is 444 g/mol. The van der Waals surface area contributed by atoms with Crippen molar-refractivity contribution in [2.45, 2.75) is 39.7 Å². The van der Waals surface area contributed by atoms with Gasteiger partial charge in [-0.15, -0.1) is 0 Å². The van der Waals surface area contributed by atoms with Crippen LogP contribution in [0.1, 0.15) is 44.0 Å². The van der Waals surface area contributed by atoms with Gasteiger partial charge in [0.05, 0.1) is 39.7 Å². The predicted molar refractivity (Wildman–Crippen MR) is 141 cm³/mol. The predicted octanol–water partition coefficient (Wildman–Crippen LogP) is 5.50. The van der Waals surface area contributed by atoms with Gasteiger partial charge in [-0.05, 0) is 74.4 Å². The van der Waals surface area contributed by atoms with Gasteiger partial charge < -0.3 is 28.7 Å².